The molecule has 0 atom stereocenters. The zero-order valence-corrected chi connectivity index (χ0v) is 13.0. The predicted octanol–water partition coefficient (Wildman–Crippen LogP) is 5.15. The molecule has 0 fully saturated rings. The number of H-pyrrole nitrogens is 1. The molecule has 3 aromatic heterocycles. The molecule has 0 aliphatic heterocycles. The van der Waals surface area contributed by atoms with Gasteiger partial charge in [-0.25, -0.2) is 4.98 Å². The number of hydrogen-bond acceptors (Lipinski definition) is 1. The quantitative estimate of drug-likeness (QED) is 0.480. The van der Waals surface area contributed by atoms with Crippen LogP contribution in [-0.2, 0) is 0 Å². The van der Waals surface area contributed by atoms with Gasteiger partial charge in [0.1, 0.15) is 5.65 Å². The van der Waals surface area contributed by atoms with E-state index >= 15 is 0 Å². The van der Waals surface area contributed by atoms with Crippen LogP contribution in [0.15, 0.2) is 85.3 Å². The lowest BCUT2D eigenvalue weighted by molar-refractivity contribution is 1.19. The van der Waals surface area contributed by atoms with Crippen molar-refractivity contribution >= 4 is 16.6 Å². The second kappa shape index (κ2) is 5.10. The number of fused-ring (bicyclic) bond motifs is 2. The fourth-order valence-electron chi connectivity index (χ4n) is 3.21. The van der Waals surface area contributed by atoms with Gasteiger partial charge in [0.15, 0.2) is 0 Å². The van der Waals surface area contributed by atoms with Crippen LogP contribution in [0.3, 0.4) is 0 Å². The number of nitrogens with one attached hydrogen (secondary N) is 1. The number of imidazole rings is 1. The number of para-hydroxylation sites is 1. The van der Waals surface area contributed by atoms with Crippen LogP contribution < -0.4 is 0 Å². The predicted molar refractivity (Wildman–Crippen MR) is 97.9 cm³/mol. The van der Waals surface area contributed by atoms with Crippen LogP contribution in [0.2, 0.25) is 0 Å². The summed E-state index contributed by atoms with van der Waals surface area (Å²) < 4.78 is 2.10. The van der Waals surface area contributed by atoms with Gasteiger partial charge >= 0.3 is 0 Å². The maximum atomic E-state index is 4.78. The Morgan fingerprint density at radius 3 is 2.50 bits per heavy atom. The van der Waals surface area contributed by atoms with Crippen LogP contribution in [0.4, 0.5) is 0 Å². The van der Waals surface area contributed by atoms with E-state index in [-0.39, 0.29) is 0 Å². The van der Waals surface area contributed by atoms with Crippen molar-refractivity contribution in [2.75, 3.05) is 0 Å². The molecule has 3 nitrogen and oxygen atoms in total. The molecule has 0 aliphatic rings. The normalized spacial score (nSPS) is 11.3. The van der Waals surface area contributed by atoms with Gasteiger partial charge < -0.3 is 9.38 Å². The van der Waals surface area contributed by atoms with Gasteiger partial charge in [0.05, 0.1) is 5.69 Å². The van der Waals surface area contributed by atoms with E-state index in [9.17, 15) is 0 Å². The van der Waals surface area contributed by atoms with Crippen molar-refractivity contribution in [3.63, 3.8) is 0 Å². The molecular formula is C21H15N3. The molecule has 0 unspecified atom stereocenters. The van der Waals surface area contributed by atoms with Gasteiger partial charge in [-0.15, -0.1) is 0 Å². The number of aromatic nitrogens is 3. The molecule has 114 valence electrons. The molecule has 5 aromatic rings. The molecule has 2 aromatic carbocycles. The molecule has 5 rings (SSSR count). The van der Waals surface area contributed by atoms with Gasteiger partial charge in [0, 0.05) is 35.1 Å². The first-order valence-electron chi connectivity index (χ1n) is 7.99. The molecule has 0 spiro atoms. The number of benzene rings is 2. The van der Waals surface area contributed by atoms with E-state index in [1.807, 2.05) is 18.3 Å². The van der Waals surface area contributed by atoms with Gasteiger partial charge in [-0.05, 0) is 29.3 Å². The standard InChI is InChI=1S/C21H15N3/c1-2-6-15(7-3-1)16-10-11-21-23-20(14-24(21)13-16)18-12-22-19-9-5-4-8-17(18)19/h1-14,22H. The Morgan fingerprint density at radius 2 is 1.58 bits per heavy atom. The van der Waals surface area contributed by atoms with E-state index in [0.29, 0.717) is 0 Å². The van der Waals surface area contributed by atoms with Crippen molar-refractivity contribution in [2.24, 2.45) is 0 Å². The summed E-state index contributed by atoms with van der Waals surface area (Å²) >= 11 is 0. The third kappa shape index (κ3) is 2.02. The first-order chi connectivity index (χ1) is 11.9. The van der Waals surface area contributed by atoms with Gasteiger partial charge in [0.2, 0.25) is 0 Å². The summed E-state index contributed by atoms with van der Waals surface area (Å²) in [6, 6.07) is 22.9. The lowest BCUT2D eigenvalue weighted by Gasteiger charge is -2.01. The molecule has 0 aliphatic carbocycles. The Balaban J connectivity index is 1.66. The summed E-state index contributed by atoms with van der Waals surface area (Å²) in [5, 5.41) is 1.20. The van der Waals surface area contributed by atoms with Crippen molar-refractivity contribution in [3.05, 3.63) is 85.3 Å². The monoisotopic (exact) mass is 309 g/mol. The number of pyridine rings is 1. The average Bonchev–Trinajstić information content (AvgIpc) is 3.25. The minimum atomic E-state index is 0.954. The third-order valence-electron chi connectivity index (χ3n) is 4.42. The van der Waals surface area contributed by atoms with Crippen molar-refractivity contribution < 1.29 is 0 Å². The summed E-state index contributed by atoms with van der Waals surface area (Å²) in [7, 11) is 0. The summed E-state index contributed by atoms with van der Waals surface area (Å²) in [4.78, 5) is 8.10. The fraction of sp³-hybridized carbons (Fsp3) is 0. The Labute approximate surface area is 139 Å². The summed E-state index contributed by atoms with van der Waals surface area (Å²) in [5.74, 6) is 0. The Hall–Kier alpha value is -3.33. The van der Waals surface area contributed by atoms with E-state index in [4.69, 9.17) is 4.98 Å². The minimum absolute atomic E-state index is 0.954. The largest absolute Gasteiger partial charge is 0.360 e. The highest BCUT2D eigenvalue weighted by atomic mass is 15.0. The van der Waals surface area contributed by atoms with Crippen LogP contribution in [0, 0.1) is 0 Å². The van der Waals surface area contributed by atoms with Crippen molar-refractivity contribution in [1.82, 2.24) is 14.4 Å². The fourth-order valence-corrected chi connectivity index (χ4v) is 3.21. The van der Waals surface area contributed by atoms with Crippen molar-refractivity contribution in [1.29, 1.82) is 0 Å². The van der Waals surface area contributed by atoms with E-state index in [1.165, 1.54) is 16.5 Å². The Morgan fingerprint density at radius 1 is 0.750 bits per heavy atom. The molecule has 3 heterocycles. The number of hydrogen-bond donors (Lipinski definition) is 1. The van der Waals surface area contributed by atoms with Gasteiger partial charge in [0.25, 0.3) is 0 Å². The zero-order valence-electron chi connectivity index (χ0n) is 13.0. The second-order valence-corrected chi connectivity index (χ2v) is 5.92. The molecule has 1 N–H and O–H groups in total. The maximum absolute atomic E-state index is 4.78. The first kappa shape index (κ1) is 13.1. The van der Waals surface area contributed by atoms with E-state index in [2.05, 4.69) is 76.4 Å². The lowest BCUT2D eigenvalue weighted by Crippen LogP contribution is -1.84. The van der Waals surface area contributed by atoms with Crippen molar-refractivity contribution in [3.8, 4) is 22.4 Å². The van der Waals surface area contributed by atoms with E-state index < -0.39 is 0 Å². The summed E-state index contributed by atoms with van der Waals surface area (Å²) in [6.45, 7) is 0. The topological polar surface area (TPSA) is 33.1 Å². The molecule has 24 heavy (non-hydrogen) atoms. The zero-order chi connectivity index (χ0) is 15.9. The first-order valence-corrected chi connectivity index (χ1v) is 7.99. The highest BCUT2D eigenvalue weighted by Crippen LogP contribution is 2.28. The van der Waals surface area contributed by atoms with Gasteiger partial charge in [-0.3, -0.25) is 0 Å². The van der Waals surface area contributed by atoms with E-state index in [0.717, 1.165) is 22.4 Å². The highest BCUT2D eigenvalue weighted by Gasteiger charge is 2.10. The maximum Gasteiger partial charge on any atom is 0.137 e. The number of aromatic amines is 1. The molecule has 0 amide bonds. The average molecular weight is 309 g/mol. The van der Waals surface area contributed by atoms with Crippen LogP contribution in [0.5, 0.6) is 0 Å². The van der Waals surface area contributed by atoms with Crippen LogP contribution in [0.25, 0.3) is 38.9 Å². The minimum Gasteiger partial charge on any atom is -0.360 e. The van der Waals surface area contributed by atoms with Crippen LogP contribution in [-0.4, -0.2) is 14.4 Å². The van der Waals surface area contributed by atoms with Crippen molar-refractivity contribution in [2.45, 2.75) is 0 Å². The molecular weight excluding hydrogens is 294 g/mol. The Kier molecular flexibility index (Phi) is 2.79. The SMILES string of the molecule is c1ccc(-c2ccc3nc(-c4c[nH]c5ccccc45)cn3c2)cc1. The second-order valence-electron chi connectivity index (χ2n) is 5.92. The lowest BCUT2D eigenvalue weighted by atomic mass is 10.1. The number of rotatable bonds is 2. The highest BCUT2D eigenvalue weighted by molar-refractivity contribution is 5.94. The number of nitrogens with zero attached hydrogens (tertiary/aromatic N) is 2. The van der Waals surface area contributed by atoms with E-state index in [1.54, 1.807) is 0 Å². The summed E-state index contributed by atoms with van der Waals surface area (Å²) in [6.07, 6.45) is 6.26. The molecule has 0 bridgehead atoms. The molecule has 0 radical (unpaired) electrons. The molecule has 0 saturated heterocycles. The van der Waals surface area contributed by atoms with Gasteiger partial charge in [-0.1, -0.05) is 48.5 Å². The summed E-state index contributed by atoms with van der Waals surface area (Å²) in [5.41, 5.74) is 6.60. The van der Waals surface area contributed by atoms with Crippen LogP contribution in [0.1, 0.15) is 0 Å². The smallest absolute Gasteiger partial charge is 0.137 e. The molecule has 3 heteroatoms. The molecule has 0 saturated carbocycles. The van der Waals surface area contributed by atoms with Gasteiger partial charge in [-0.2, -0.15) is 0 Å². The van der Waals surface area contributed by atoms with Crippen LogP contribution >= 0.6 is 0 Å². The third-order valence-corrected chi connectivity index (χ3v) is 4.42. The Bertz CT molecular complexity index is 1150.